The highest BCUT2D eigenvalue weighted by atomic mass is 32.2. The monoisotopic (exact) mass is 572 g/mol. The zero-order chi connectivity index (χ0) is 28.0. The smallest absolute Gasteiger partial charge is 0.260 e. The van der Waals surface area contributed by atoms with Crippen LogP contribution in [-0.2, 0) is 10.0 Å². The summed E-state index contributed by atoms with van der Waals surface area (Å²) in [4.78, 5) is 22.8. The standard InChI is InChI=1S/C29H40N4O4S2/c1-5-32(6-2)19-20-33(29-30-26-18-15-24(37-7-3)21-27(26)38-29)28(34)22-13-16-25(17-14-22)39(35,36)31(4)23-11-9-8-10-12-23/h13-18,21,23H,5-12,19-20H2,1-4H3. The molecular formula is C29H40N4O4S2. The maximum Gasteiger partial charge on any atom is 0.260 e. The van der Waals surface area contributed by atoms with Crippen molar-refractivity contribution in [1.82, 2.24) is 14.2 Å². The number of amides is 1. The van der Waals surface area contributed by atoms with Crippen LogP contribution in [0, 0.1) is 0 Å². The maximum atomic E-state index is 13.8. The molecule has 1 fully saturated rings. The number of hydrogen-bond acceptors (Lipinski definition) is 7. The SMILES string of the molecule is CCOc1ccc2nc(N(CCN(CC)CC)C(=O)c3ccc(S(=O)(=O)N(C)C4CCCCC4)cc3)sc2c1. The third-order valence-corrected chi connectivity index (χ3v) is 10.5. The Kier molecular flexibility index (Phi) is 9.98. The second-order valence-electron chi connectivity index (χ2n) is 9.88. The zero-order valence-corrected chi connectivity index (χ0v) is 25.1. The zero-order valence-electron chi connectivity index (χ0n) is 23.4. The van der Waals surface area contributed by atoms with E-state index in [2.05, 4.69) is 18.7 Å². The van der Waals surface area contributed by atoms with Crippen LogP contribution in [0.1, 0.15) is 63.2 Å². The van der Waals surface area contributed by atoms with Gasteiger partial charge in [0.05, 0.1) is 21.7 Å². The number of thiazole rings is 1. The van der Waals surface area contributed by atoms with E-state index in [9.17, 15) is 13.2 Å². The number of benzene rings is 2. The van der Waals surface area contributed by atoms with Crippen molar-refractivity contribution in [2.45, 2.75) is 63.8 Å². The minimum absolute atomic E-state index is 0.0305. The number of anilines is 1. The van der Waals surface area contributed by atoms with E-state index in [0.717, 1.165) is 61.2 Å². The van der Waals surface area contributed by atoms with Gasteiger partial charge >= 0.3 is 0 Å². The molecule has 8 nitrogen and oxygen atoms in total. The van der Waals surface area contributed by atoms with E-state index in [0.29, 0.717) is 30.4 Å². The largest absolute Gasteiger partial charge is 0.494 e. The van der Waals surface area contributed by atoms with Gasteiger partial charge in [-0.05, 0) is 75.3 Å². The summed E-state index contributed by atoms with van der Waals surface area (Å²) in [6.45, 7) is 9.68. The van der Waals surface area contributed by atoms with Gasteiger partial charge in [-0.3, -0.25) is 9.69 Å². The van der Waals surface area contributed by atoms with Crippen molar-refractivity contribution in [2.24, 2.45) is 0 Å². The van der Waals surface area contributed by atoms with E-state index >= 15 is 0 Å². The highest BCUT2D eigenvalue weighted by molar-refractivity contribution is 7.89. The average Bonchev–Trinajstić information content (AvgIpc) is 3.38. The van der Waals surface area contributed by atoms with Crippen molar-refractivity contribution in [3.05, 3.63) is 48.0 Å². The van der Waals surface area contributed by atoms with Crippen LogP contribution in [-0.4, -0.2) is 74.4 Å². The Morgan fingerprint density at radius 2 is 1.69 bits per heavy atom. The molecule has 1 aliphatic carbocycles. The fraction of sp³-hybridized carbons (Fsp3) is 0.517. The predicted octanol–water partition coefficient (Wildman–Crippen LogP) is 5.64. The van der Waals surface area contributed by atoms with Gasteiger partial charge < -0.3 is 9.64 Å². The summed E-state index contributed by atoms with van der Waals surface area (Å²) in [7, 11) is -1.96. The molecule has 39 heavy (non-hydrogen) atoms. The van der Waals surface area contributed by atoms with Crippen molar-refractivity contribution in [1.29, 1.82) is 0 Å². The third-order valence-electron chi connectivity index (χ3n) is 7.54. The van der Waals surface area contributed by atoms with Crippen molar-refractivity contribution < 1.29 is 17.9 Å². The number of fused-ring (bicyclic) bond motifs is 1. The molecule has 0 spiro atoms. The Morgan fingerprint density at radius 3 is 2.33 bits per heavy atom. The average molecular weight is 573 g/mol. The number of hydrogen-bond donors (Lipinski definition) is 0. The number of nitrogens with zero attached hydrogens (tertiary/aromatic N) is 4. The molecule has 4 rings (SSSR count). The van der Waals surface area contributed by atoms with Gasteiger partial charge in [0.2, 0.25) is 10.0 Å². The van der Waals surface area contributed by atoms with Gasteiger partial charge in [0.25, 0.3) is 5.91 Å². The minimum Gasteiger partial charge on any atom is -0.494 e. The number of sulfonamides is 1. The van der Waals surface area contributed by atoms with E-state index < -0.39 is 10.0 Å². The van der Waals surface area contributed by atoms with Gasteiger partial charge in [-0.2, -0.15) is 4.31 Å². The fourth-order valence-corrected chi connectivity index (χ4v) is 7.50. The van der Waals surface area contributed by atoms with E-state index in [1.54, 1.807) is 36.2 Å². The van der Waals surface area contributed by atoms with Gasteiger partial charge in [0, 0.05) is 31.7 Å². The molecule has 0 atom stereocenters. The molecular weight excluding hydrogens is 532 g/mol. The van der Waals surface area contributed by atoms with Gasteiger partial charge in [0.15, 0.2) is 5.13 Å². The Hall–Kier alpha value is -2.53. The van der Waals surface area contributed by atoms with E-state index in [-0.39, 0.29) is 16.8 Å². The molecule has 0 unspecified atom stereocenters. The van der Waals surface area contributed by atoms with Gasteiger partial charge in [0.1, 0.15) is 5.75 Å². The topological polar surface area (TPSA) is 83.0 Å². The lowest BCUT2D eigenvalue weighted by Gasteiger charge is -2.30. The lowest BCUT2D eigenvalue weighted by atomic mass is 9.96. The predicted molar refractivity (Wildman–Crippen MR) is 159 cm³/mol. The number of ether oxygens (including phenoxy) is 1. The molecule has 1 saturated carbocycles. The summed E-state index contributed by atoms with van der Waals surface area (Å²) in [6.07, 6.45) is 5.05. The Morgan fingerprint density at radius 1 is 1.00 bits per heavy atom. The molecule has 1 heterocycles. The van der Waals surface area contributed by atoms with Crippen LogP contribution in [0.4, 0.5) is 5.13 Å². The Bertz CT molecular complexity index is 1350. The van der Waals surface area contributed by atoms with Crippen LogP contribution in [0.15, 0.2) is 47.4 Å². The summed E-state index contributed by atoms with van der Waals surface area (Å²) < 4.78 is 34.7. The molecule has 0 saturated heterocycles. The second-order valence-corrected chi connectivity index (χ2v) is 12.9. The molecule has 1 amide bonds. The molecule has 3 aromatic rings. The number of likely N-dealkylation sites (N-methyl/N-ethyl adjacent to an activating group) is 1. The molecule has 0 radical (unpaired) electrons. The summed E-state index contributed by atoms with van der Waals surface area (Å²) in [5.41, 5.74) is 1.24. The van der Waals surface area contributed by atoms with Crippen LogP contribution < -0.4 is 9.64 Å². The summed E-state index contributed by atoms with van der Waals surface area (Å²) in [6, 6.07) is 12.1. The van der Waals surface area contributed by atoms with Crippen molar-refractivity contribution in [3.8, 4) is 5.75 Å². The van der Waals surface area contributed by atoms with Crippen LogP contribution in [0.5, 0.6) is 5.75 Å². The first-order chi connectivity index (χ1) is 18.8. The third kappa shape index (κ3) is 6.80. The first kappa shape index (κ1) is 29.5. The molecule has 0 aliphatic heterocycles. The molecule has 212 valence electrons. The highest BCUT2D eigenvalue weighted by Crippen LogP contribution is 2.33. The highest BCUT2D eigenvalue weighted by Gasteiger charge is 2.29. The summed E-state index contributed by atoms with van der Waals surface area (Å²) in [5.74, 6) is 0.576. The van der Waals surface area contributed by atoms with E-state index in [4.69, 9.17) is 9.72 Å². The van der Waals surface area contributed by atoms with Crippen LogP contribution in [0.25, 0.3) is 10.2 Å². The molecule has 1 aliphatic rings. The minimum atomic E-state index is -3.63. The number of rotatable bonds is 12. The van der Waals surface area contributed by atoms with E-state index in [1.165, 1.54) is 15.6 Å². The van der Waals surface area contributed by atoms with Crippen LogP contribution >= 0.6 is 11.3 Å². The molecule has 1 aromatic heterocycles. The first-order valence-electron chi connectivity index (χ1n) is 13.9. The summed E-state index contributed by atoms with van der Waals surface area (Å²) >= 11 is 1.46. The van der Waals surface area contributed by atoms with Crippen molar-refractivity contribution >= 4 is 42.6 Å². The molecule has 0 bridgehead atoms. The Labute approximate surface area is 236 Å². The normalized spacial score (nSPS) is 14.8. The maximum absolute atomic E-state index is 13.8. The quantitative estimate of drug-likeness (QED) is 0.280. The number of carbonyl (C=O) groups excluding carboxylic acids is 1. The number of carbonyl (C=O) groups is 1. The van der Waals surface area contributed by atoms with Crippen molar-refractivity contribution in [3.63, 3.8) is 0 Å². The lowest BCUT2D eigenvalue weighted by molar-refractivity contribution is 0.0983. The van der Waals surface area contributed by atoms with Gasteiger partial charge in [-0.1, -0.05) is 44.4 Å². The second kappa shape index (κ2) is 13.2. The van der Waals surface area contributed by atoms with Gasteiger partial charge in [-0.15, -0.1) is 0 Å². The molecule has 10 heteroatoms. The van der Waals surface area contributed by atoms with Gasteiger partial charge in [-0.25, -0.2) is 13.4 Å². The Balaban J connectivity index is 1.60. The molecule has 0 N–H and O–H groups in total. The van der Waals surface area contributed by atoms with E-state index in [1.807, 2.05) is 25.1 Å². The lowest BCUT2D eigenvalue weighted by Crippen LogP contribution is -2.39. The first-order valence-corrected chi connectivity index (χ1v) is 16.2. The van der Waals surface area contributed by atoms with Crippen LogP contribution in [0.3, 0.4) is 0 Å². The summed E-state index contributed by atoms with van der Waals surface area (Å²) in [5, 5.41) is 0.615. The number of aromatic nitrogens is 1. The fourth-order valence-electron chi connectivity index (χ4n) is 5.06. The molecule has 2 aromatic carbocycles. The van der Waals surface area contributed by atoms with Crippen LogP contribution in [0.2, 0.25) is 0 Å². The van der Waals surface area contributed by atoms with Crippen molar-refractivity contribution in [2.75, 3.05) is 44.7 Å².